The average molecular weight is 429 g/mol. The zero-order valence-corrected chi connectivity index (χ0v) is 17.9. The van der Waals surface area contributed by atoms with Crippen LogP contribution in [0.5, 0.6) is 0 Å². The lowest BCUT2D eigenvalue weighted by molar-refractivity contribution is -0.131. The molecular weight excluding hydrogens is 405 g/mol. The van der Waals surface area contributed by atoms with Gasteiger partial charge in [-0.1, -0.05) is 30.3 Å². The van der Waals surface area contributed by atoms with Crippen LogP contribution in [0.2, 0.25) is 0 Å². The molecule has 6 nitrogen and oxygen atoms in total. The van der Waals surface area contributed by atoms with Crippen LogP contribution in [0.4, 0.5) is 4.39 Å². The first-order valence-corrected chi connectivity index (χ1v) is 10.8. The van der Waals surface area contributed by atoms with Gasteiger partial charge in [0, 0.05) is 30.8 Å². The number of aryl methyl sites for hydroxylation is 1. The van der Waals surface area contributed by atoms with E-state index >= 15 is 0 Å². The van der Waals surface area contributed by atoms with E-state index in [1.807, 2.05) is 47.5 Å². The third-order valence-corrected chi connectivity index (χ3v) is 6.03. The molecule has 0 unspecified atom stereocenters. The minimum absolute atomic E-state index is 0.0326. The number of aromatic amines is 1. The van der Waals surface area contributed by atoms with Gasteiger partial charge in [-0.05, 0) is 54.3 Å². The van der Waals surface area contributed by atoms with Crippen LogP contribution in [0.1, 0.15) is 16.8 Å². The third-order valence-electron chi connectivity index (χ3n) is 6.03. The molecule has 0 radical (unpaired) electrons. The Morgan fingerprint density at radius 3 is 2.69 bits per heavy atom. The maximum atomic E-state index is 13.8. The number of halogens is 1. The maximum absolute atomic E-state index is 13.8. The SMILES string of the molecule is Cc1cc(-c2cc(-c3ccccc3)n(CC(=O)N3CCc4cn[nH]c4CC3)n2)ccc1F. The van der Waals surface area contributed by atoms with Crippen LogP contribution < -0.4 is 0 Å². The molecule has 2 aromatic carbocycles. The molecule has 0 bridgehead atoms. The summed E-state index contributed by atoms with van der Waals surface area (Å²) in [6.45, 7) is 3.20. The number of H-pyrrole nitrogens is 1. The van der Waals surface area contributed by atoms with Crippen LogP contribution in [0.3, 0.4) is 0 Å². The third kappa shape index (κ3) is 3.93. The van der Waals surface area contributed by atoms with Crippen LogP contribution >= 0.6 is 0 Å². The molecule has 0 saturated heterocycles. The predicted molar refractivity (Wildman–Crippen MR) is 120 cm³/mol. The quantitative estimate of drug-likeness (QED) is 0.533. The number of benzene rings is 2. The number of nitrogens with one attached hydrogen (secondary N) is 1. The largest absolute Gasteiger partial charge is 0.340 e. The summed E-state index contributed by atoms with van der Waals surface area (Å²) in [4.78, 5) is 15.1. The Morgan fingerprint density at radius 1 is 1.06 bits per heavy atom. The molecule has 2 aromatic heterocycles. The van der Waals surface area contributed by atoms with E-state index in [-0.39, 0.29) is 18.3 Å². The molecule has 0 spiro atoms. The Morgan fingerprint density at radius 2 is 1.88 bits per heavy atom. The highest BCUT2D eigenvalue weighted by Crippen LogP contribution is 2.27. The zero-order valence-electron chi connectivity index (χ0n) is 17.9. The van der Waals surface area contributed by atoms with E-state index in [4.69, 9.17) is 5.10 Å². The van der Waals surface area contributed by atoms with Crippen molar-refractivity contribution >= 4 is 5.91 Å². The van der Waals surface area contributed by atoms with Crippen molar-refractivity contribution in [2.24, 2.45) is 0 Å². The standard InChI is InChI=1S/C25H24FN5O/c1-17-13-19(7-8-21(17)26)23-14-24(18-5-3-2-4-6-18)31(29-23)16-25(32)30-11-9-20-15-27-28-22(20)10-12-30/h2-8,13-15H,9-12,16H2,1H3,(H,27,28). The van der Waals surface area contributed by atoms with E-state index in [0.717, 1.165) is 41.1 Å². The van der Waals surface area contributed by atoms with Gasteiger partial charge in [0.05, 0.1) is 17.6 Å². The monoisotopic (exact) mass is 429 g/mol. The van der Waals surface area contributed by atoms with Crippen molar-refractivity contribution in [2.75, 3.05) is 13.1 Å². The second-order valence-electron chi connectivity index (χ2n) is 8.16. The fraction of sp³-hybridized carbons (Fsp3) is 0.240. The molecule has 3 heterocycles. The molecule has 7 heteroatoms. The predicted octanol–water partition coefficient (Wildman–Crippen LogP) is 4.02. The van der Waals surface area contributed by atoms with Gasteiger partial charge in [0.1, 0.15) is 12.4 Å². The van der Waals surface area contributed by atoms with Crippen molar-refractivity contribution in [3.8, 4) is 22.5 Å². The van der Waals surface area contributed by atoms with E-state index in [2.05, 4.69) is 10.2 Å². The Labute approximate surface area is 185 Å². The van der Waals surface area contributed by atoms with Gasteiger partial charge >= 0.3 is 0 Å². The molecule has 0 atom stereocenters. The summed E-state index contributed by atoms with van der Waals surface area (Å²) in [7, 11) is 0. The van der Waals surface area contributed by atoms with E-state index in [0.29, 0.717) is 18.7 Å². The normalized spacial score (nSPS) is 13.6. The van der Waals surface area contributed by atoms with Crippen molar-refractivity contribution in [3.63, 3.8) is 0 Å². The minimum atomic E-state index is -0.243. The Kier molecular flexibility index (Phi) is 5.31. The summed E-state index contributed by atoms with van der Waals surface area (Å²) in [6, 6.07) is 16.8. The van der Waals surface area contributed by atoms with Crippen molar-refractivity contribution in [3.05, 3.63) is 83.4 Å². The fourth-order valence-corrected chi connectivity index (χ4v) is 4.18. The highest BCUT2D eigenvalue weighted by Gasteiger charge is 2.22. The first-order chi connectivity index (χ1) is 15.6. The van der Waals surface area contributed by atoms with Crippen LogP contribution in [-0.4, -0.2) is 43.9 Å². The molecule has 1 N–H and O–H groups in total. The second kappa shape index (κ2) is 8.42. The summed E-state index contributed by atoms with van der Waals surface area (Å²) in [5, 5.41) is 11.9. The van der Waals surface area contributed by atoms with Crippen molar-refractivity contribution in [2.45, 2.75) is 26.3 Å². The zero-order chi connectivity index (χ0) is 22.1. The molecule has 1 aliphatic rings. The molecule has 1 amide bonds. The van der Waals surface area contributed by atoms with Crippen molar-refractivity contribution in [1.82, 2.24) is 24.9 Å². The van der Waals surface area contributed by atoms with Crippen molar-refractivity contribution in [1.29, 1.82) is 0 Å². The molecule has 5 rings (SSSR count). The van der Waals surface area contributed by atoms with Gasteiger partial charge in [-0.25, -0.2) is 4.39 Å². The number of aromatic nitrogens is 4. The number of hydrogen-bond donors (Lipinski definition) is 1. The average Bonchev–Trinajstić information content (AvgIpc) is 3.38. The van der Waals surface area contributed by atoms with E-state index in [1.54, 1.807) is 23.7 Å². The number of carbonyl (C=O) groups is 1. The lowest BCUT2D eigenvalue weighted by atomic mass is 10.1. The van der Waals surface area contributed by atoms with E-state index in [9.17, 15) is 9.18 Å². The summed E-state index contributed by atoms with van der Waals surface area (Å²) in [6.07, 6.45) is 3.41. The number of nitrogens with zero attached hydrogens (tertiary/aromatic N) is 4. The number of rotatable bonds is 4. The van der Waals surface area contributed by atoms with Gasteiger partial charge in [0.2, 0.25) is 5.91 Å². The molecule has 0 saturated carbocycles. The highest BCUT2D eigenvalue weighted by atomic mass is 19.1. The van der Waals surface area contributed by atoms with Gasteiger partial charge < -0.3 is 4.90 Å². The van der Waals surface area contributed by atoms with E-state index < -0.39 is 0 Å². The molecule has 1 aliphatic heterocycles. The summed E-state index contributed by atoms with van der Waals surface area (Å²) < 4.78 is 15.5. The van der Waals surface area contributed by atoms with Gasteiger partial charge in [0.15, 0.2) is 0 Å². The first kappa shape index (κ1) is 20.2. The topological polar surface area (TPSA) is 66.8 Å². The summed E-state index contributed by atoms with van der Waals surface area (Å²) in [5.74, 6) is -0.210. The van der Waals surface area contributed by atoms with Crippen molar-refractivity contribution < 1.29 is 9.18 Å². The fourth-order valence-electron chi connectivity index (χ4n) is 4.18. The smallest absolute Gasteiger partial charge is 0.244 e. The Bertz CT molecular complexity index is 1240. The first-order valence-electron chi connectivity index (χ1n) is 10.8. The highest BCUT2D eigenvalue weighted by molar-refractivity contribution is 5.78. The van der Waals surface area contributed by atoms with Gasteiger partial charge in [-0.15, -0.1) is 0 Å². The number of carbonyl (C=O) groups excluding carboxylic acids is 1. The van der Waals surface area contributed by atoms with Gasteiger partial charge in [-0.2, -0.15) is 10.2 Å². The summed E-state index contributed by atoms with van der Waals surface area (Å²) in [5.41, 5.74) is 6.24. The molecule has 162 valence electrons. The van der Waals surface area contributed by atoms with E-state index in [1.165, 1.54) is 11.6 Å². The second-order valence-corrected chi connectivity index (χ2v) is 8.16. The lowest BCUT2D eigenvalue weighted by Crippen LogP contribution is -2.36. The maximum Gasteiger partial charge on any atom is 0.244 e. The van der Waals surface area contributed by atoms with Gasteiger partial charge in [0.25, 0.3) is 0 Å². The molecule has 32 heavy (non-hydrogen) atoms. The van der Waals surface area contributed by atoms with Crippen LogP contribution in [0.25, 0.3) is 22.5 Å². The minimum Gasteiger partial charge on any atom is -0.340 e. The van der Waals surface area contributed by atoms with Crippen LogP contribution in [0, 0.1) is 12.7 Å². The number of fused-ring (bicyclic) bond motifs is 1. The van der Waals surface area contributed by atoms with Crippen LogP contribution in [0.15, 0.2) is 60.8 Å². The molecule has 0 aliphatic carbocycles. The summed E-state index contributed by atoms with van der Waals surface area (Å²) >= 11 is 0. The lowest BCUT2D eigenvalue weighted by Gasteiger charge is -2.21. The molecular formula is C25H24FN5O. The molecule has 4 aromatic rings. The van der Waals surface area contributed by atoms with Gasteiger partial charge in [-0.3, -0.25) is 14.6 Å². The molecule has 0 fully saturated rings. The number of hydrogen-bond acceptors (Lipinski definition) is 3. The van der Waals surface area contributed by atoms with Crippen LogP contribution in [-0.2, 0) is 24.2 Å². The number of amides is 1. The Hall–Kier alpha value is -3.74. The Balaban J connectivity index is 1.44.